The maximum Gasteiger partial charge on any atom is 0.194 e. The highest BCUT2D eigenvalue weighted by atomic mass is 127. The lowest BCUT2D eigenvalue weighted by Gasteiger charge is -2.32. The Labute approximate surface area is 153 Å². The number of guanidine groups is 1. The topological polar surface area (TPSA) is 71.7 Å². The van der Waals surface area contributed by atoms with Gasteiger partial charge >= 0.3 is 0 Å². The quantitative estimate of drug-likeness (QED) is 0.437. The molecule has 1 heterocycles. The van der Waals surface area contributed by atoms with E-state index in [2.05, 4.69) is 15.2 Å². The van der Waals surface area contributed by atoms with E-state index in [4.69, 9.17) is 5.26 Å². The van der Waals surface area contributed by atoms with Crippen molar-refractivity contribution in [1.82, 2.24) is 10.2 Å². The van der Waals surface area contributed by atoms with E-state index in [9.17, 15) is 9.50 Å². The van der Waals surface area contributed by atoms with Crippen LogP contribution in [0.15, 0.2) is 23.2 Å². The molecule has 1 fully saturated rings. The van der Waals surface area contributed by atoms with Gasteiger partial charge in [0.15, 0.2) is 5.96 Å². The Morgan fingerprint density at radius 2 is 2.17 bits per heavy atom. The number of benzene rings is 1. The van der Waals surface area contributed by atoms with Gasteiger partial charge in [0, 0.05) is 25.2 Å². The minimum atomic E-state index is -0.354. The van der Waals surface area contributed by atoms with Crippen LogP contribution >= 0.6 is 24.0 Å². The summed E-state index contributed by atoms with van der Waals surface area (Å²) in [7, 11) is 0. The molecule has 0 bridgehead atoms. The zero-order valence-corrected chi connectivity index (χ0v) is 15.5. The number of rotatable bonds is 3. The second-order valence-electron chi connectivity index (χ2n) is 5.31. The fourth-order valence-electron chi connectivity index (χ4n) is 2.43. The molecule has 0 atom stereocenters. The van der Waals surface area contributed by atoms with Crippen LogP contribution in [-0.2, 0) is 6.54 Å². The molecule has 1 aromatic rings. The Hall–Kier alpha value is -1.40. The summed E-state index contributed by atoms with van der Waals surface area (Å²) in [6, 6.07) is 6.29. The molecule has 0 radical (unpaired) electrons. The van der Waals surface area contributed by atoms with Crippen molar-refractivity contribution >= 4 is 29.9 Å². The standard InChI is InChI=1S/C16H21FN4O.HI/c1-2-19-16(21-7-5-14(22)6-8-21)20-11-13-9-12(10-18)3-4-15(13)17;/h3-4,9,14,22H,2,5-8,11H2,1H3,(H,19,20);1H. The molecule has 5 nitrogen and oxygen atoms in total. The number of likely N-dealkylation sites (tertiary alicyclic amines) is 1. The highest BCUT2D eigenvalue weighted by Gasteiger charge is 2.19. The third kappa shape index (κ3) is 5.62. The molecule has 23 heavy (non-hydrogen) atoms. The molecule has 1 saturated heterocycles. The lowest BCUT2D eigenvalue weighted by atomic mass is 10.1. The zero-order chi connectivity index (χ0) is 15.9. The lowest BCUT2D eigenvalue weighted by molar-refractivity contribution is 0.108. The maximum absolute atomic E-state index is 13.8. The average molecular weight is 432 g/mol. The summed E-state index contributed by atoms with van der Waals surface area (Å²) in [5, 5.41) is 21.7. The Morgan fingerprint density at radius 1 is 1.48 bits per heavy atom. The Bertz CT molecular complexity index is 580. The third-order valence-electron chi connectivity index (χ3n) is 3.67. The van der Waals surface area contributed by atoms with E-state index in [0.717, 1.165) is 25.6 Å². The van der Waals surface area contributed by atoms with Gasteiger partial charge in [-0.1, -0.05) is 0 Å². The molecule has 1 aromatic carbocycles. The SMILES string of the molecule is CCNC(=NCc1cc(C#N)ccc1F)N1CCC(O)CC1.I. The fourth-order valence-corrected chi connectivity index (χ4v) is 2.43. The normalized spacial score (nSPS) is 15.7. The molecular formula is C16H22FIN4O. The monoisotopic (exact) mass is 432 g/mol. The Morgan fingerprint density at radius 3 is 2.78 bits per heavy atom. The molecule has 0 aromatic heterocycles. The molecule has 2 rings (SSSR count). The number of aliphatic imine (C=N–C) groups is 1. The van der Waals surface area contributed by atoms with Gasteiger partial charge in [-0.2, -0.15) is 5.26 Å². The van der Waals surface area contributed by atoms with Gasteiger partial charge in [-0.15, -0.1) is 24.0 Å². The predicted octanol–water partition coefficient (Wildman–Crippen LogP) is 2.24. The summed E-state index contributed by atoms with van der Waals surface area (Å²) in [5.74, 6) is 0.365. The molecule has 0 spiro atoms. The van der Waals surface area contributed by atoms with Crippen molar-refractivity contribution in [2.45, 2.75) is 32.4 Å². The second kappa shape index (κ2) is 9.67. The first-order chi connectivity index (χ1) is 10.6. The van der Waals surface area contributed by atoms with Gasteiger partial charge in [0.1, 0.15) is 5.82 Å². The van der Waals surface area contributed by atoms with Gasteiger partial charge in [-0.3, -0.25) is 0 Å². The largest absolute Gasteiger partial charge is 0.393 e. The molecule has 126 valence electrons. The number of nitrogens with one attached hydrogen (secondary N) is 1. The highest BCUT2D eigenvalue weighted by molar-refractivity contribution is 14.0. The Kier molecular flexibility index (Phi) is 8.26. The lowest BCUT2D eigenvalue weighted by Crippen LogP contribution is -2.46. The number of aliphatic hydroxyl groups excluding tert-OH is 1. The van der Waals surface area contributed by atoms with Gasteiger partial charge in [0.2, 0.25) is 0 Å². The maximum atomic E-state index is 13.8. The summed E-state index contributed by atoms with van der Waals surface area (Å²) in [4.78, 5) is 6.54. The number of aliphatic hydroxyl groups is 1. The summed E-state index contributed by atoms with van der Waals surface area (Å²) in [6.45, 7) is 4.34. The van der Waals surface area contributed by atoms with Crippen molar-refractivity contribution in [3.05, 3.63) is 35.1 Å². The van der Waals surface area contributed by atoms with Crippen LogP contribution in [0.25, 0.3) is 0 Å². The molecule has 1 aliphatic heterocycles. The molecule has 0 saturated carbocycles. The van der Waals surface area contributed by atoms with Crippen molar-refractivity contribution < 1.29 is 9.50 Å². The van der Waals surface area contributed by atoms with E-state index >= 15 is 0 Å². The van der Waals surface area contributed by atoms with Gasteiger partial charge in [-0.05, 0) is 38.0 Å². The van der Waals surface area contributed by atoms with Crippen LogP contribution in [0.1, 0.15) is 30.9 Å². The molecule has 1 aliphatic rings. The molecule has 0 unspecified atom stereocenters. The second-order valence-corrected chi connectivity index (χ2v) is 5.31. The first-order valence-corrected chi connectivity index (χ1v) is 7.54. The van der Waals surface area contributed by atoms with Crippen LogP contribution < -0.4 is 5.32 Å². The van der Waals surface area contributed by atoms with Crippen LogP contribution in [0.5, 0.6) is 0 Å². The van der Waals surface area contributed by atoms with Crippen molar-refractivity contribution in [3.63, 3.8) is 0 Å². The van der Waals surface area contributed by atoms with Crippen LogP contribution in [0, 0.1) is 17.1 Å². The summed E-state index contributed by atoms with van der Waals surface area (Å²) < 4.78 is 13.8. The highest BCUT2D eigenvalue weighted by Crippen LogP contribution is 2.13. The first kappa shape index (κ1) is 19.6. The average Bonchev–Trinajstić information content (AvgIpc) is 2.53. The van der Waals surface area contributed by atoms with E-state index in [-0.39, 0.29) is 42.4 Å². The molecular weight excluding hydrogens is 410 g/mol. The summed E-state index contributed by atoms with van der Waals surface area (Å²) in [5.41, 5.74) is 0.837. The number of piperidine rings is 1. The number of nitriles is 1. The number of hydrogen-bond donors (Lipinski definition) is 2. The minimum absolute atomic E-state index is 0. The van der Waals surface area contributed by atoms with E-state index in [1.165, 1.54) is 18.2 Å². The molecule has 0 amide bonds. The zero-order valence-electron chi connectivity index (χ0n) is 13.1. The van der Waals surface area contributed by atoms with E-state index in [1.54, 1.807) is 0 Å². The third-order valence-corrected chi connectivity index (χ3v) is 3.67. The van der Waals surface area contributed by atoms with Crippen LogP contribution in [-0.4, -0.2) is 41.7 Å². The van der Waals surface area contributed by atoms with Crippen molar-refractivity contribution in [2.75, 3.05) is 19.6 Å². The van der Waals surface area contributed by atoms with Crippen molar-refractivity contribution in [2.24, 2.45) is 4.99 Å². The molecule has 2 N–H and O–H groups in total. The smallest absolute Gasteiger partial charge is 0.194 e. The van der Waals surface area contributed by atoms with E-state index in [0.29, 0.717) is 24.0 Å². The number of nitrogens with zero attached hydrogens (tertiary/aromatic N) is 3. The fraction of sp³-hybridized carbons (Fsp3) is 0.500. The number of halogens is 2. The van der Waals surface area contributed by atoms with Crippen LogP contribution in [0.2, 0.25) is 0 Å². The number of hydrogen-bond acceptors (Lipinski definition) is 3. The summed E-state index contributed by atoms with van der Waals surface area (Å²) >= 11 is 0. The van der Waals surface area contributed by atoms with Crippen molar-refractivity contribution in [1.29, 1.82) is 5.26 Å². The van der Waals surface area contributed by atoms with Gasteiger partial charge in [0.25, 0.3) is 0 Å². The van der Waals surface area contributed by atoms with Crippen LogP contribution in [0.4, 0.5) is 4.39 Å². The van der Waals surface area contributed by atoms with Gasteiger partial charge < -0.3 is 15.3 Å². The van der Waals surface area contributed by atoms with E-state index < -0.39 is 0 Å². The minimum Gasteiger partial charge on any atom is -0.393 e. The first-order valence-electron chi connectivity index (χ1n) is 7.54. The Balaban J connectivity index is 0.00000264. The molecule has 0 aliphatic carbocycles. The predicted molar refractivity (Wildman–Crippen MR) is 98.2 cm³/mol. The van der Waals surface area contributed by atoms with Gasteiger partial charge in [-0.25, -0.2) is 9.38 Å². The van der Waals surface area contributed by atoms with E-state index in [1.807, 2.05) is 13.0 Å². The van der Waals surface area contributed by atoms with Crippen LogP contribution in [0.3, 0.4) is 0 Å². The van der Waals surface area contributed by atoms with Gasteiger partial charge in [0.05, 0.1) is 24.3 Å². The van der Waals surface area contributed by atoms with Crippen molar-refractivity contribution in [3.8, 4) is 6.07 Å². The summed E-state index contributed by atoms with van der Waals surface area (Å²) in [6.07, 6.45) is 1.18. The molecule has 7 heteroatoms.